The zero-order valence-electron chi connectivity index (χ0n) is 18.2. The lowest BCUT2D eigenvalue weighted by molar-refractivity contribution is -0.152. The van der Waals surface area contributed by atoms with Gasteiger partial charge in [0.15, 0.2) is 6.61 Å². The first-order valence-corrected chi connectivity index (χ1v) is 11.0. The van der Waals surface area contributed by atoms with E-state index in [0.717, 1.165) is 43.4 Å². The number of benzene rings is 1. The third-order valence-electron chi connectivity index (χ3n) is 6.12. The molecule has 2 fully saturated rings. The van der Waals surface area contributed by atoms with Crippen LogP contribution >= 0.6 is 0 Å². The first-order valence-electron chi connectivity index (χ1n) is 11.0. The molecular formula is C23H31N3O5. The number of carbonyl (C=O) groups excluding carboxylic acids is 4. The van der Waals surface area contributed by atoms with Crippen molar-refractivity contribution in [3.05, 3.63) is 29.8 Å². The largest absolute Gasteiger partial charge is 0.455 e. The SMILES string of the molecule is CC[C@H](C)c1ccccc1N1C[C@H](C(=O)OCC(=O)NC(=O)NC2CCCC2)CC1=O. The van der Waals surface area contributed by atoms with Crippen molar-refractivity contribution in [2.75, 3.05) is 18.1 Å². The standard InChI is InChI=1S/C23H31N3O5/c1-3-15(2)18-10-6-7-11-19(18)26-13-16(12-21(26)28)22(29)31-14-20(27)25-23(30)24-17-8-4-5-9-17/h6-7,10-11,15-17H,3-5,8-9,12-14H2,1-2H3,(H2,24,25,27,30)/t15-,16+/m0/s1. The van der Waals surface area contributed by atoms with Crippen LogP contribution in [0.3, 0.4) is 0 Å². The Morgan fingerprint density at radius 3 is 2.61 bits per heavy atom. The van der Waals surface area contributed by atoms with Gasteiger partial charge in [0, 0.05) is 24.7 Å². The molecule has 4 amide bonds. The number of anilines is 1. The normalized spacial score (nSPS) is 19.9. The highest BCUT2D eigenvalue weighted by Crippen LogP contribution is 2.33. The maximum Gasteiger partial charge on any atom is 0.321 e. The van der Waals surface area contributed by atoms with Crippen LogP contribution in [0.25, 0.3) is 0 Å². The average Bonchev–Trinajstić information content (AvgIpc) is 3.40. The molecule has 1 aromatic carbocycles. The quantitative estimate of drug-likeness (QED) is 0.649. The molecule has 1 saturated heterocycles. The van der Waals surface area contributed by atoms with E-state index in [2.05, 4.69) is 24.5 Å². The number of hydrogen-bond acceptors (Lipinski definition) is 5. The van der Waals surface area contributed by atoms with Crippen LogP contribution in [0.1, 0.15) is 63.9 Å². The number of hydrogen-bond donors (Lipinski definition) is 2. The lowest BCUT2D eigenvalue weighted by Crippen LogP contribution is -2.45. The molecule has 0 spiro atoms. The summed E-state index contributed by atoms with van der Waals surface area (Å²) in [5.41, 5.74) is 1.89. The fourth-order valence-corrected chi connectivity index (χ4v) is 4.18. The lowest BCUT2D eigenvalue weighted by atomic mass is 9.96. The van der Waals surface area contributed by atoms with Crippen LogP contribution in [0.5, 0.6) is 0 Å². The van der Waals surface area contributed by atoms with E-state index in [9.17, 15) is 19.2 Å². The van der Waals surface area contributed by atoms with E-state index < -0.39 is 30.4 Å². The Balaban J connectivity index is 1.50. The molecule has 1 aromatic rings. The van der Waals surface area contributed by atoms with Crippen LogP contribution in [-0.4, -0.2) is 43.0 Å². The molecule has 2 N–H and O–H groups in total. The van der Waals surface area contributed by atoms with Crippen molar-refractivity contribution in [1.82, 2.24) is 10.6 Å². The summed E-state index contributed by atoms with van der Waals surface area (Å²) in [7, 11) is 0. The molecule has 0 bridgehead atoms. The second kappa shape index (κ2) is 10.4. The van der Waals surface area contributed by atoms with Gasteiger partial charge in [0.05, 0.1) is 5.92 Å². The number of para-hydroxylation sites is 1. The van der Waals surface area contributed by atoms with Gasteiger partial charge in [0.1, 0.15) is 0 Å². The molecule has 2 aliphatic rings. The third-order valence-corrected chi connectivity index (χ3v) is 6.12. The van der Waals surface area contributed by atoms with Gasteiger partial charge in [-0.2, -0.15) is 0 Å². The van der Waals surface area contributed by atoms with Crippen molar-refractivity contribution in [1.29, 1.82) is 0 Å². The molecule has 3 rings (SSSR count). The van der Waals surface area contributed by atoms with Crippen LogP contribution in [0.4, 0.5) is 10.5 Å². The van der Waals surface area contributed by atoms with Crippen molar-refractivity contribution < 1.29 is 23.9 Å². The smallest absolute Gasteiger partial charge is 0.321 e. The summed E-state index contributed by atoms with van der Waals surface area (Å²) < 4.78 is 5.08. The Bertz CT molecular complexity index is 834. The Labute approximate surface area is 182 Å². The maximum absolute atomic E-state index is 12.6. The average molecular weight is 430 g/mol. The molecule has 0 aromatic heterocycles. The zero-order valence-corrected chi connectivity index (χ0v) is 18.2. The van der Waals surface area contributed by atoms with Gasteiger partial charge in [-0.25, -0.2) is 4.79 Å². The van der Waals surface area contributed by atoms with Gasteiger partial charge < -0.3 is 15.0 Å². The number of rotatable bonds is 7. The number of amides is 4. The topological polar surface area (TPSA) is 105 Å². The van der Waals surface area contributed by atoms with E-state index in [-0.39, 0.29) is 30.8 Å². The highest BCUT2D eigenvalue weighted by atomic mass is 16.5. The monoisotopic (exact) mass is 429 g/mol. The first-order chi connectivity index (χ1) is 14.9. The van der Waals surface area contributed by atoms with Gasteiger partial charge in [-0.1, -0.05) is 44.9 Å². The molecule has 1 aliphatic carbocycles. The van der Waals surface area contributed by atoms with Gasteiger partial charge in [-0.3, -0.25) is 19.7 Å². The summed E-state index contributed by atoms with van der Waals surface area (Å²) in [4.78, 5) is 50.4. The molecule has 0 radical (unpaired) electrons. The lowest BCUT2D eigenvalue weighted by Gasteiger charge is -2.23. The number of ether oxygens (including phenoxy) is 1. The summed E-state index contributed by atoms with van der Waals surface area (Å²) in [6.45, 7) is 3.86. The second-order valence-corrected chi connectivity index (χ2v) is 8.38. The predicted octanol–water partition coefficient (Wildman–Crippen LogP) is 2.86. The van der Waals surface area contributed by atoms with Crippen molar-refractivity contribution in [2.45, 2.75) is 64.3 Å². The maximum atomic E-state index is 12.6. The number of imide groups is 1. The van der Waals surface area contributed by atoms with E-state index in [1.807, 2.05) is 24.3 Å². The van der Waals surface area contributed by atoms with Crippen molar-refractivity contribution in [3.8, 4) is 0 Å². The Morgan fingerprint density at radius 1 is 1.19 bits per heavy atom. The van der Waals surface area contributed by atoms with E-state index in [0.29, 0.717) is 0 Å². The highest BCUT2D eigenvalue weighted by molar-refractivity contribution is 6.00. The molecule has 31 heavy (non-hydrogen) atoms. The van der Waals surface area contributed by atoms with E-state index in [4.69, 9.17) is 4.74 Å². The number of urea groups is 1. The Hall–Kier alpha value is -2.90. The van der Waals surface area contributed by atoms with Crippen LogP contribution in [0.15, 0.2) is 24.3 Å². The molecule has 1 heterocycles. The molecule has 1 saturated carbocycles. The summed E-state index contributed by atoms with van der Waals surface area (Å²) in [5, 5.41) is 4.92. The van der Waals surface area contributed by atoms with Gasteiger partial charge >= 0.3 is 12.0 Å². The fourth-order valence-electron chi connectivity index (χ4n) is 4.18. The summed E-state index contributed by atoms with van der Waals surface area (Å²) in [5.74, 6) is -1.79. The molecule has 168 valence electrons. The predicted molar refractivity (Wildman–Crippen MR) is 115 cm³/mol. The van der Waals surface area contributed by atoms with E-state index in [1.54, 1.807) is 4.90 Å². The summed E-state index contributed by atoms with van der Waals surface area (Å²) in [6, 6.07) is 7.23. The fraction of sp³-hybridized carbons (Fsp3) is 0.565. The molecule has 8 nitrogen and oxygen atoms in total. The van der Waals surface area contributed by atoms with Crippen LogP contribution in [0.2, 0.25) is 0 Å². The molecule has 2 atom stereocenters. The first kappa shape index (κ1) is 22.8. The number of nitrogens with zero attached hydrogens (tertiary/aromatic N) is 1. The zero-order chi connectivity index (χ0) is 22.4. The highest BCUT2D eigenvalue weighted by Gasteiger charge is 2.37. The second-order valence-electron chi connectivity index (χ2n) is 8.38. The van der Waals surface area contributed by atoms with Crippen molar-refractivity contribution in [3.63, 3.8) is 0 Å². The number of esters is 1. The Kier molecular flexibility index (Phi) is 7.65. The minimum absolute atomic E-state index is 0.0391. The van der Waals surface area contributed by atoms with Crippen LogP contribution < -0.4 is 15.5 Å². The van der Waals surface area contributed by atoms with Crippen molar-refractivity contribution in [2.24, 2.45) is 5.92 Å². The van der Waals surface area contributed by atoms with Gasteiger partial charge in [0.2, 0.25) is 5.91 Å². The number of nitrogens with one attached hydrogen (secondary N) is 2. The minimum atomic E-state index is -0.688. The molecule has 1 aliphatic heterocycles. The van der Waals surface area contributed by atoms with Gasteiger partial charge in [-0.05, 0) is 36.8 Å². The van der Waals surface area contributed by atoms with Crippen LogP contribution in [-0.2, 0) is 19.1 Å². The minimum Gasteiger partial charge on any atom is -0.455 e. The molecular weight excluding hydrogens is 398 g/mol. The molecule has 8 heteroatoms. The summed E-state index contributed by atoms with van der Waals surface area (Å²) in [6.07, 6.45) is 4.92. The van der Waals surface area contributed by atoms with Gasteiger partial charge in [0.25, 0.3) is 5.91 Å². The van der Waals surface area contributed by atoms with E-state index in [1.165, 1.54) is 0 Å². The Morgan fingerprint density at radius 2 is 1.90 bits per heavy atom. The molecule has 0 unspecified atom stereocenters. The third kappa shape index (κ3) is 5.83. The van der Waals surface area contributed by atoms with Crippen molar-refractivity contribution >= 4 is 29.5 Å². The summed E-state index contributed by atoms with van der Waals surface area (Å²) >= 11 is 0. The number of carbonyl (C=O) groups is 4. The van der Waals surface area contributed by atoms with E-state index >= 15 is 0 Å². The van der Waals surface area contributed by atoms with Crippen LogP contribution in [0, 0.1) is 5.92 Å². The van der Waals surface area contributed by atoms with Gasteiger partial charge in [-0.15, -0.1) is 0 Å².